The van der Waals surface area contributed by atoms with E-state index in [-0.39, 0.29) is 35.6 Å². The maximum Gasteiger partial charge on any atom is 0.173 e. The van der Waals surface area contributed by atoms with Gasteiger partial charge in [-0.15, -0.1) is 11.3 Å². The molecule has 5 heteroatoms. The van der Waals surface area contributed by atoms with Crippen molar-refractivity contribution in [3.05, 3.63) is 51.6 Å². The monoisotopic (exact) mass is 386 g/mol. The number of aliphatic hydroxyl groups excluding tert-OH is 1. The Balaban J connectivity index is 1.64. The third-order valence-electron chi connectivity index (χ3n) is 6.01. The number of ether oxygens (including phenoxy) is 1. The van der Waals surface area contributed by atoms with Gasteiger partial charge < -0.3 is 9.84 Å². The number of hydrogen-bond acceptors (Lipinski definition) is 4. The minimum absolute atomic E-state index is 0.00388. The van der Waals surface area contributed by atoms with Crippen LogP contribution in [0.5, 0.6) is 0 Å². The van der Waals surface area contributed by atoms with Crippen molar-refractivity contribution in [1.82, 2.24) is 0 Å². The van der Waals surface area contributed by atoms with E-state index in [2.05, 4.69) is 19.1 Å². The topological polar surface area (TPSA) is 46.5 Å². The zero-order chi connectivity index (χ0) is 18.0. The molecule has 4 atom stereocenters. The van der Waals surface area contributed by atoms with Crippen molar-refractivity contribution in [2.75, 3.05) is 0 Å². The predicted molar refractivity (Wildman–Crippen MR) is 104 cm³/mol. The number of hydrogen-bond donors (Lipinski definition) is 1. The second kappa shape index (κ2) is 5.95. The van der Waals surface area contributed by atoms with E-state index < -0.39 is 0 Å². The van der Waals surface area contributed by atoms with E-state index in [0.29, 0.717) is 5.57 Å². The van der Waals surface area contributed by atoms with Crippen molar-refractivity contribution in [3.63, 3.8) is 0 Å². The molecule has 0 saturated carbocycles. The first-order valence-electron chi connectivity index (χ1n) is 9.10. The number of ketones is 1. The molecule has 1 N–H and O–H groups in total. The Morgan fingerprint density at radius 1 is 1.19 bits per heavy atom. The number of carbonyl (C=O) groups excluding carboxylic acids is 1. The minimum atomic E-state index is -0.201. The van der Waals surface area contributed by atoms with Gasteiger partial charge in [-0.3, -0.25) is 4.79 Å². The van der Waals surface area contributed by atoms with Gasteiger partial charge in [0, 0.05) is 4.88 Å². The first-order valence-corrected chi connectivity index (χ1v) is 10.3. The summed E-state index contributed by atoms with van der Waals surface area (Å²) in [7, 11) is 0. The van der Waals surface area contributed by atoms with E-state index in [9.17, 15) is 9.90 Å². The van der Waals surface area contributed by atoms with Gasteiger partial charge >= 0.3 is 0 Å². The minimum Gasteiger partial charge on any atom is -0.511 e. The molecule has 26 heavy (non-hydrogen) atoms. The standard InChI is InChI=1S/C21H19ClO3S/c1-2-10-3-4-11(15-7-8-16(22)26-15)9-12(10)17-20(23)18-13-5-6-14(25-13)19(18)21(17)24/h3-4,7-9,13-14,18-19,23H,2,5-6H2,1H3/t13?,14?,18-,19+/m1/s1. The summed E-state index contributed by atoms with van der Waals surface area (Å²) < 4.78 is 6.63. The summed E-state index contributed by atoms with van der Waals surface area (Å²) >= 11 is 7.60. The highest BCUT2D eigenvalue weighted by atomic mass is 35.5. The van der Waals surface area contributed by atoms with Gasteiger partial charge in [0.25, 0.3) is 0 Å². The van der Waals surface area contributed by atoms with Crippen molar-refractivity contribution in [2.45, 2.75) is 38.4 Å². The second-order valence-corrected chi connectivity index (χ2v) is 9.01. The average molecular weight is 387 g/mol. The highest BCUT2D eigenvalue weighted by molar-refractivity contribution is 7.19. The molecule has 2 fully saturated rings. The molecular weight excluding hydrogens is 368 g/mol. The predicted octanol–water partition coefficient (Wildman–Crippen LogP) is 5.28. The molecule has 1 aliphatic carbocycles. The quantitative estimate of drug-likeness (QED) is 0.780. The molecule has 2 aliphatic heterocycles. The Kier molecular flexibility index (Phi) is 3.78. The van der Waals surface area contributed by atoms with E-state index in [4.69, 9.17) is 16.3 Å². The fraction of sp³-hybridized carbons (Fsp3) is 0.381. The summed E-state index contributed by atoms with van der Waals surface area (Å²) in [5, 5.41) is 11.0. The number of thiophene rings is 1. The van der Waals surface area contributed by atoms with Crippen LogP contribution in [-0.4, -0.2) is 23.1 Å². The zero-order valence-corrected chi connectivity index (χ0v) is 15.9. The van der Waals surface area contributed by atoms with E-state index in [1.165, 1.54) is 11.3 Å². The molecular formula is C21H19ClO3S. The Hall–Kier alpha value is -1.62. The summed E-state index contributed by atoms with van der Waals surface area (Å²) in [6.07, 6.45) is 2.64. The van der Waals surface area contributed by atoms with Crippen LogP contribution in [0.25, 0.3) is 16.0 Å². The number of aliphatic hydroxyl groups is 1. The summed E-state index contributed by atoms with van der Waals surface area (Å²) in [5.41, 5.74) is 3.49. The zero-order valence-electron chi connectivity index (χ0n) is 14.4. The molecule has 3 nitrogen and oxygen atoms in total. The fourth-order valence-corrected chi connectivity index (χ4v) is 5.87. The number of allylic oxidation sites excluding steroid dienone is 1. The van der Waals surface area contributed by atoms with E-state index in [0.717, 1.165) is 45.2 Å². The van der Waals surface area contributed by atoms with Crippen LogP contribution in [0.15, 0.2) is 36.1 Å². The SMILES string of the molecule is CCc1ccc(-c2ccc(Cl)s2)cc1C1=C(O)[C@@H]2C3CCC(O3)[C@@H]2C1=O. The number of benzene rings is 1. The summed E-state index contributed by atoms with van der Waals surface area (Å²) in [5.74, 6) is -0.0619. The van der Waals surface area contributed by atoms with Crippen molar-refractivity contribution in [1.29, 1.82) is 0 Å². The Labute approximate surface area is 161 Å². The summed E-state index contributed by atoms with van der Waals surface area (Å²) in [6.45, 7) is 2.07. The summed E-state index contributed by atoms with van der Waals surface area (Å²) in [4.78, 5) is 14.3. The highest BCUT2D eigenvalue weighted by Gasteiger charge is 2.59. The van der Waals surface area contributed by atoms with Gasteiger partial charge in [-0.1, -0.05) is 30.7 Å². The Morgan fingerprint density at radius 3 is 2.62 bits per heavy atom. The largest absolute Gasteiger partial charge is 0.511 e. The van der Waals surface area contributed by atoms with Crippen LogP contribution in [0.4, 0.5) is 0 Å². The smallest absolute Gasteiger partial charge is 0.173 e. The molecule has 2 aromatic rings. The first kappa shape index (κ1) is 16.5. The lowest BCUT2D eigenvalue weighted by atomic mass is 9.80. The highest BCUT2D eigenvalue weighted by Crippen LogP contribution is 2.54. The lowest BCUT2D eigenvalue weighted by molar-refractivity contribution is -0.118. The van der Waals surface area contributed by atoms with Crippen LogP contribution >= 0.6 is 22.9 Å². The molecule has 3 heterocycles. The van der Waals surface area contributed by atoms with Crippen LogP contribution in [0.3, 0.4) is 0 Å². The Bertz CT molecular complexity index is 944. The number of halogens is 1. The lowest BCUT2D eigenvalue weighted by Crippen LogP contribution is -2.29. The van der Waals surface area contributed by atoms with Crippen LogP contribution in [0, 0.1) is 11.8 Å². The number of fused-ring (bicyclic) bond motifs is 5. The molecule has 2 bridgehead atoms. The van der Waals surface area contributed by atoms with E-state index in [1.807, 2.05) is 18.2 Å². The molecule has 0 radical (unpaired) electrons. The third kappa shape index (κ3) is 2.25. The van der Waals surface area contributed by atoms with Gasteiger partial charge in [-0.2, -0.15) is 0 Å². The molecule has 1 aromatic carbocycles. The van der Waals surface area contributed by atoms with Crippen LogP contribution in [0.1, 0.15) is 30.9 Å². The molecule has 3 aliphatic rings. The molecule has 1 aromatic heterocycles. The van der Waals surface area contributed by atoms with Gasteiger partial charge in [0.15, 0.2) is 5.78 Å². The maximum absolute atomic E-state index is 13.2. The van der Waals surface area contributed by atoms with Crippen molar-refractivity contribution >= 4 is 34.3 Å². The van der Waals surface area contributed by atoms with Gasteiger partial charge in [-0.05, 0) is 54.2 Å². The van der Waals surface area contributed by atoms with Crippen LogP contribution in [-0.2, 0) is 16.0 Å². The number of Topliss-reactive ketones (excluding diaryl/α,β-unsaturated/α-hetero) is 1. The molecule has 0 amide bonds. The summed E-state index contributed by atoms with van der Waals surface area (Å²) in [6, 6.07) is 10.0. The van der Waals surface area contributed by atoms with Gasteiger partial charge in [-0.25, -0.2) is 0 Å². The number of rotatable bonds is 3. The maximum atomic E-state index is 13.2. The Morgan fingerprint density at radius 2 is 1.96 bits per heavy atom. The second-order valence-electron chi connectivity index (χ2n) is 7.30. The number of carbonyl (C=O) groups is 1. The molecule has 5 rings (SSSR count). The van der Waals surface area contributed by atoms with Crippen molar-refractivity contribution in [2.24, 2.45) is 11.8 Å². The van der Waals surface area contributed by atoms with E-state index in [1.54, 1.807) is 0 Å². The fourth-order valence-electron chi connectivity index (χ4n) is 4.83. The molecule has 2 unspecified atom stereocenters. The van der Waals surface area contributed by atoms with Crippen LogP contribution in [0.2, 0.25) is 4.34 Å². The van der Waals surface area contributed by atoms with Gasteiger partial charge in [0.1, 0.15) is 5.76 Å². The van der Waals surface area contributed by atoms with Crippen molar-refractivity contribution < 1.29 is 14.6 Å². The third-order valence-corrected chi connectivity index (χ3v) is 7.29. The van der Waals surface area contributed by atoms with Crippen molar-refractivity contribution in [3.8, 4) is 10.4 Å². The van der Waals surface area contributed by atoms with Crippen LogP contribution < -0.4 is 0 Å². The first-order chi connectivity index (χ1) is 12.6. The molecule has 134 valence electrons. The van der Waals surface area contributed by atoms with E-state index >= 15 is 0 Å². The lowest BCUT2D eigenvalue weighted by Gasteiger charge is -2.19. The number of aryl methyl sites for hydroxylation is 1. The van der Waals surface area contributed by atoms with Gasteiger partial charge in [0.05, 0.1) is 34.0 Å². The molecule has 0 spiro atoms. The molecule has 2 saturated heterocycles. The normalized spacial score (nSPS) is 29.7. The average Bonchev–Trinajstić information content (AvgIpc) is 3.39. The van der Waals surface area contributed by atoms with Gasteiger partial charge in [0.2, 0.25) is 0 Å².